The fourth-order valence-corrected chi connectivity index (χ4v) is 5.30. The highest BCUT2D eigenvalue weighted by Gasteiger charge is 2.37. The zero-order valence-corrected chi connectivity index (χ0v) is 13.7. The summed E-state index contributed by atoms with van der Waals surface area (Å²) in [6.45, 7) is 3.95. The zero-order chi connectivity index (χ0) is 15.6. The van der Waals surface area contributed by atoms with Crippen molar-refractivity contribution < 1.29 is 13.2 Å². The van der Waals surface area contributed by atoms with E-state index in [0.29, 0.717) is 12.2 Å². The number of ether oxygens (including phenoxy) is 1. The maximum Gasteiger partial charge on any atom is 0.155 e. The van der Waals surface area contributed by atoms with Crippen LogP contribution in [0.1, 0.15) is 42.0 Å². The molecule has 2 rings (SSSR count). The lowest BCUT2D eigenvalue weighted by molar-refractivity contribution is 0.389. The second kappa shape index (κ2) is 6.34. The Hall–Kier alpha value is -1.11. The van der Waals surface area contributed by atoms with Gasteiger partial charge in [0.05, 0.1) is 24.2 Å². The van der Waals surface area contributed by atoms with Gasteiger partial charge in [-0.2, -0.15) is 0 Å². The standard InChI is InChI=1S/C15H24N2O3S/c1-10-8-11(2)14(12(9-10)20-3)15(17-16)13-6-4-5-7-21(13,18)19/h8-9,13,15,17H,4-7,16H2,1-3H3. The number of nitrogens with one attached hydrogen (secondary N) is 1. The first-order valence-electron chi connectivity index (χ1n) is 7.23. The second-order valence-corrected chi connectivity index (χ2v) is 8.08. The van der Waals surface area contributed by atoms with Gasteiger partial charge in [-0.3, -0.25) is 11.3 Å². The van der Waals surface area contributed by atoms with Crippen molar-refractivity contribution in [2.45, 2.75) is 44.4 Å². The van der Waals surface area contributed by atoms with Crippen molar-refractivity contribution in [3.8, 4) is 5.75 Å². The second-order valence-electron chi connectivity index (χ2n) is 5.74. The number of hydrazine groups is 1. The van der Waals surface area contributed by atoms with Crippen molar-refractivity contribution in [1.29, 1.82) is 0 Å². The first-order valence-corrected chi connectivity index (χ1v) is 8.95. The minimum Gasteiger partial charge on any atom is -0.496 e. The minimum atomic E-state index is -3.13. The van der Waals surface area contributed by atoms with E-state index in [0.717, 1.165) is 29.5 Å². The van der Waals surface area contributed by atoms with Gasteiger partial charge in [-0.15, -0.1) is 0 Å². The topological polar surface area (TPSA) is 81.4 Å². The van der Waals surface area contributed by atoms with Crippen LogP contribution in [0.2, 0.25) is 0 Å². The summed E-state index contributed by atoms with van der Waals surface area (Å²) >= 11 is 0. The molecule has 1 heterocycles. The molecule has 2 unspecified atom stereocenters. The van der Waals surface area contributed by atoms with Crippen LogP contribution in [-0.2, 0) is 9.84 Å². The number of nitrogens with two attached hydrogens (primary N) is 1. The molecular weight excluding hydrogens is 288 g/mol. The first-order chi connectivity index (χ1) is 9.90. The Morgan fingerprint density at radius 1 is 1.33 bits per heavy atom. The number of benzene rings is 1. The molecule has 3 N–H and O–H groups in total. The van der Waals surface area contributed by atoms with Gasteiger partial charge in [0.1, 0.15) is 5.75 Å². The van der Waals surface area contributed by atoms with E-state index < -0.39 is 21.1 Å². The molecule has 0 aliphatic carbocycles. The fraction of sp³-hybridized carbons (Fsp3) is 0.600. The van der Waals surface area contributed by atoms with Crippen LogP contribution in [0.5, 0.6) is 5.75 Å². The molecule has 0 radical (unpaired) electrons. The molecule has 118 valence electrons. The van der Waals surface area contributed by atoms with Gasteiger partial charge >= 0.3 is 0 Å². The number of methoxy groups -OCH3 is 1. The molecule has 1 aliphatic rings. The Morgan fingerprint density at radius 3 is 2.62 bits per heavy atom. The Bertz CT molecular complexity index is 614. The van der Waals surface area contributed by atoms with Crippen LogP contribution in [0.25, 0.3) is 0 Å². The van der Waals surface area contributed by atoms with Gasteiger partial charge in [-0.05, 0) is 43.9 Å². The summed E-state index contributed by atoms with van der Waals surface area (Å²) in [5.74, 6) is 6.65. The maximum absolute atomic E-state index is 12.4. The van der Waals surface area contributed by atoms with Crippen LogP contribution >= 0.6 is 0 Å². The highest BCUT2D eigenvalue weighted by molar-refractivity contribution is 7.92. The third kappa shape index (κ3) is 3.22. The number of sulfone groups is 1. The highest BCUT2D eigenvalue weighted by atomic mass is 32.2. The number of hydrogen-bond acceptors (Lipinski definition) is 5. The molecule has 0 saturated carbocycles. The summed E-state index contributed by atoms with van der Waals surface area (Å²) in [7, 11) is -1.54. The van der Waals surface area contributed by atoms with Crippen molar-refractivity contribution in [2.75, 3.05) is 12.9 Å². The summed E-state index contributed by atoms with van der Waals surface area (Å²) < 4.78 is 30.3. The average Bonchev–Trinajstić information content (AvgIpc) is 2.42. The minimum absolute atomic E-state index is 0.239. The molecule has 1 aliphatic heterocycles. The molecule has 1 saturated heterocycles. The van der Waals surface area contributed by atoms with Crippen molar-refractivity contribution in [2.24, 2.45) is 5.84 Å². The fourth-order valence-electron chi connectivity index (χ4n) is 3.24. The van der Waals surface area contributed by atoms with Crippen molar-refractivity contribution in [1.82, 2.24) is 5.43 Å². The predicted molar refractivity (Wildman–Crippen MR) is 84.0 cm³/mol. The summed E-state index contributed by atoms with van der Waals surface area (Å²) in [4.78, 5) is 0. The highest BCUT2D eigenvalue weighted by Crippen LogP contribution is 2.37. The molecule has 0 amide bonds. The van der Waals surface area contributed by atoms with E-state index in [1.807, 2.05) is 26.0 Å². The van der Waals surface area contributed by atoms with Gasteiger partial charge in [0.2, 0.25) is 0 Å². The molecule has 1 aromatic rings. The van der Waals surface area contributed by atoms with E-state index >= 15 is 0 Å². The first kappa shape index (κ1) is 16.3. The predicted octanol–water partition coefficient (Wildman–Crippen LogP) is 1.78. The third-order valence-corrected chi connectivity index (χ3v) is 6.49. The molecule has 0 aromatic heterocycles. The van der Waals surface area contributed by atoms with Gasteiger partial charge < -0.3 is 4.74 Å². The van der Waals surface area contributed by atoms with E-state index in [1.165, 1.54) is 0 Å². The summed E-state index contributed by atoms with van der Waals surface area (Å²) in [5.41, 5.74) is 5.64. The molecule has 0 bridgehead atoms. The van der Waals surface area contributed by atoms with Crippen molar-refractivity contribution in [3.63, 3.8) is 0 Å². The molecule has 5 nitrogen and oxygen atoms in total. The monoisotopic (exact) mass is 312 g/mol. The molecule has 1 fully saturated rings. The van der Waals surface area contributed by atoms with Gasteiger partial charge in [-0.25, -0.2) is 8.42 Å². The number of rotatable bonds is 4. The van der Waals surface area contributed by atoms with Gasteiger partial charge in [0, 0.05) is 5.56 Å². The Balaban J connectivity index is 2.51. The molecule has 6 heteroatoms. The van der Waals surface area contributed by atoms with Crippen LogP contribution in [0.3, 0.4) is 0 Å². The summed E-state index contributed by atoms with van der Waals surface area (Å²) in [6, 6.07) is 3.51. The van der Waals surface area contributed by atoms with Crippen molar-refractivity contribution >= 4 is 9.84 Å². The summed E-state index contributed by atoms with van der Waals surface area (Å²) in [5, 5.41) is -0.494. The van der Waals surface area contributed by atoms with E-state index in [9.17, 15) is 8.42 Å². The van der Waals surface area contributed by atoms with Crippen LogP contribution in [0, 0.1) is 13.8 Å². The lowest BCUT2D eigenvalue weighted by atomic mass is 9.94. The Morgan fingerprint density at radius 2 is 2.05 bits per heavy atom. The van der Waals surface area contributed by atoms with Crippen LogP contribution in [0.4, 0.5) is 0 Å². The number of aryl methyl sites for hydroxylation is 2. The van der Waals surface area contributed by atoms with Crippen LogP contribution in [-0.4, -0.2) is 26.5 Å². The van der Waals surface area contributed by atoms with Crippen LogP contribution < -0.4 is 16.0 Å². The lowest BCUT2D eigenvalue weighted by Crippen LogP contribution is -2.43. The van der Waals surface area contributed by atoms with Gasteiger partial charge in [0.25, 0.3) is 0 Å². The normalized spacial score (nSPS) is 22.8. The lowest BCUT2D eigenvalue weighted by Gasteiger charge is -2.31. The quantitative estimate of drug-likeness (QED) is 0.654. The van der Waals surface area contributed by atoms with E-state index in [1.54, 1.807) is 7.11 Å². The van der Waals surface area contributed by atoms with Gasteiger partial charge in [0.15, 0.2) is 9.84 Å². The Labute approximate surface area is 126 Å². The largest absolute Gasteiger partial charge is 0.496 e. The molecular formula is C15H24N2O3S. The smallest absolute Gasteiger partial charge is 0.155 e. The maximum atomic E-state index is 12.4. The van der Waals surface area contributed by atoms with E-state index in [-0.39, 0.29) is 5.75 Å². The van der Waals surface area contributed by atoms with E-state index in [4.69, 9.17) is 10.6 Å². The summed E-state index contributed by atoms with van der Waals surface area (Å²) in [6.07, 6.45) is 2.28. The van der Waals surface area contributed by atoms with E-state index in [2.05, 4.69) is 5.43 Å². The van der Waals surface area contributed by atoms with Crippen LogP contribution in [0.15, 0.2) is 12.1 Å². The number of hydrogen-bond donors (Lipinski definition) is 2. The zero-order valence-electron chi connectivity index (χ0n) is 12.8. The molecule has 0 spiro atoms. The SMILES string of the molecule is COc1cc(C)cc(C)c1C(NN)C1CCCCS1(=O)=O. The molecule has 1 aromatic carbocycles. The Kier molecular flexibility index (Phi) is 4.91. The molecule has 2 atom stereocenters. The molecule has 21 heavy (non-hydrogen) atoms. The third-order valence-electron chi connectivity index (χ3n) is 4.20. The van der Waals surface area contributed by atoms with Gasteiger partial charge in [-0.1, -0.05) is 12.5 Å². The average molecular weight is 312 g/mol. The van der Waals surface area contributed by atoms with Crippen molar-refractivity contribution in [3.05, 3.63) is 28.8 Å².